The Hall–Kier alpha value is -1.20. The number of aliphatic hydroxyl groups is 1. The Morgan fingerprint density at radius 2 is 1.59 bits per heavy atom. The molecule has 0 spiro atoms. The Morgan fingerprint density at radius 1 is 1.03 bits per heavy atom. The van der Waals surface area contributed by atoms with Crippen LogP contribution in [0.5, 0.6) is 5.75 Å². The lowest BCUT2D eigenvalue weighted by Gasteiger charge is -2.44. The maximum atomic E-state index is 11.1. The third-order valence-corrected chi connectivity index (χ3v) is 8.16. The van der Waals surface area contributed by atoms with Crippen molar-refractivity contribution < 1.29 is 10.2 Å². The Balaban J connectivity index is 1.45. The molecule has 29 heavy (non-hydrogen) atoms. The third kappa shape index (κ3) is 4.32. The van der Waals surface area contributed by atoms with Crippen LogP contribution in [0.3, 0.4) is 0 Å². The zero-order chi connectivity index (χ0) is 20.7. The SMILES string of the molecule is Cc1cc(C(O)C(C)N2C3CCC2CC(Sc2ccc(Cl)cc2)C3)cc(C)c1O. The van der Waals surface area contributed by atoms with Crippen LogP contribution >= 0.6 is 23.4 Å². The highest BCUT2D eigenvalue weighted by Crippen LogP contribution is 2.45. The van der Waals surface area contributed by atoms with Gasteiger partial charge in [-0.2, -0.15) is 0 Å². The predicted octanol–water partition coefficient (Wildman–Crippen LogP) is 5.87. The van der Waals surface area contributed by atoms with Crippen LogP contribution < -0.4 is 0 Å². The number of hydrogen-bond donors (Lipinski definition) is 2. The number of aromatic hydroxyl groups is 1. The van der Waals surface area contributed by atoms with Gasteiger partial charge in [-0.3, -0.25) is 4.90 Å². The van der Waals surface area contributed by atoms with E-state index in [1.54, 1.807) is 0 Å². The molecular formula is C24H30ClNO2S. The van der Waals surface area contributed by atoms with Gasteiger partial charge in [-0.05, 0) is 99.5 Å². The fourth-order valence-corrected chi connectivity index (χ4v) is 6.67. The molecule has 4 atom stereocenters. The number of phenols is 1. The quantitative estimate of drug-likeness (QED) is 0.621. The van der Waals surface area contributed by atoms with Crippen LogP contribution in [0.2, 0.25) is 5.02 Å². The summed E-state index contributed by atoms with van der Waals surface area (Å²) in [6.45, 7) is 5.94. The number of aryl methyl sites for hydroxylation is 2. The molecule has 2 saturated heterocycles. The van der Waals surface area contributed by atoms with Gasteiger partial charge in [0.15, 0.2) is 0 Å². The van der Waals surface area contributed by atoms with Crippen molar-refractivity contribution in [1.82, 2.24) is 4.90 Å². The summed E-state index contributed by atoms with van der Waals surface area (Å²) in [6.07, 6.45) is 4.21. The fourth-order valence-electron chi connectivity index (χ4n) is 5.23. The summed E-state index contributed by atoms with van der Waals surface area (Å²) in [5, 5.41) is 22.6. The highest BCUT2D eigenvalue weighted by Gasteiger charge is 2.44. The second-order valence-corrected chi connectivity index (χ2v) is 10.5. The van der Waals surface area contributed by atoms with E-state index in [1.807, 2.05) is 49.9 Å². The van der Waals surface area contributed by atoms with Crippen molar-refractivity contribution in [2.45, 2.75) is 80.8 Å². The Kier molecular flexibility index (Phi) is 6.17. The molecule has 5 heteroatoms. The molecule has 0 aliphatic carbocycles. The first-order chi connectivity index (χ1) is 13.8. The first-order valence-electron chi connectivity index (χ1n) is 10.5. The summed E-state index contributed by atoms with van der Waals surface area (Å²) in [6, 6.07) is 13.1. The van der Waals surface area contributed by atoms with Crippen molar-refractivity contribution in [2.24, 2.45) is 0 Å². The first-order valence-corrected chi connectivity index (χ1v) is 11.8. The van der Waals surface area contributed by atoms with Gasteiger partial charge in [-0.15, -0.1) is 11.8 Å². The molecule has 2 aromatic rings. The van der Waals surface area contributed by atoms with Gasteiger partial charge in [-0.25, -0.2) is 0 Å². The lowest BCUT2D eigenvalue weighted by Crippen LogP contribution is -2.50. The molecule has 2 aromatic carbocycles. The first kappa shape index (κ1) is 21.0. The van der Waals surface area contributed by atoms with Gasteiger partial charge in [0, 0.05) is 33.3 Å². The van der Waals surface area contributed by atoms with E-state index in [4.69, 9.17) is 11.6 Å². The Morgan fingerprint density at radius 3 is 2.14 bits per heavy atom. The Bertz CT molecular complexity index is 835. The van der Waals surface area contributed by atoms with Crippen molar-refractivity contribution in [3.63, 3.8) is 0 Å². The number of benzene rings is 2. The van der Waals surface area contributed by atoms with Crippen LogP contribution in [0.4, 0.5) is 0 Å². The minimum atomic E-state index is -0.545. The molecule has 3 nitrogen and oxygen atoms in total. The van der Waals surface area contributed by atoms with Crippen LogP contribution in [0, 0.1) is 13.8 Å². The molecule has 0 aromatic heterocycles. The largest absolute Gasteiger partial charge is 0.507 e. The van der Waals surface area contributed by atoms with Crippen LogP contribution in [0.25, 0.3) is 0 Å². The number of rotatable bonds is 5. The molecule has 4 unspecified atom stereocenters. The lowest BCUT2D eigenvalue weighted by atomic mass is 9.93. The van der Waals surface area contributed by atoms with Gasteiger partial charge in [-0.1, -0.05) is 11.6 Å². The summed E-state index contributed by atoms with van der Waals surface area (Å²) in [7, 11) is 0. The van der Waals surface area contributed by atoms with E-state index in [9.17, 15) is 10.2 Å². The minimum Gasteiger partial charge on any atom is -0.507 e. The maximum Gasteiger partial charge on any atom is 0.121 e. The van der Waals surface area contributed by atoms with Crippen LogP contribution in [-0.4, -0.2) is 38.5 Å². The van der Waals surface area contributed by atoms with Crippen molar-refractivity contribution >= 4 is 23.4 Å². The van der Waals surface area contributed by atoms with Crippen LogP contribution in [0.15, 0.2) is 41.3 Å². The topological polar surface area (TPSA) is 43.7 Å². The number of thioether (sulfide) groups is 1. The van der Waals surface area contributed by atoms with Crippen LogP contribution in [-0.2, 0) is 0 Å². The van der Waals surface area contributed by atoms with Gasteiger partial charge < -0.3 is 10.2 Å². The van der Waals surface area contributed by atoms with E-state index >= 15 is 0 Å². The second-order valence-electron chi connectivity index (χ2n) is 8.69. The van der Waals surface area contributed by atoms with Crippen molar-refractivity contribution in [2.75, 3.05) is 0 Å². The molecule has 2 bridgehead atoms. The number of halogens is 1. The maximum absolute atomic E-state index is 11.1. The average Bonchev–Trinajstić information content (AvgIpc) is 2.96. The molecule has 0 amide bonds. The molecular weight excluding hydrogens is 402 g/mol. The summed E-state index contributed by atoms with van der Waals surface area (Å²) in [5.74, 6) is 0.328. The summed E-state index contributed by atoms with van der Waals surface area (Å²) in [5.41, 5.74) is 2.56. The molecule has 156 valence electrons. The van der Waals surface area contributed by atoms with Crippen molar-refractivity contribution in [3.8, 4) is 5.75 Å². The van der Waals surface area contributed by atoms with E-state index in [1.165, 1.54) is 17.7 Å². The van der Waals surface area contributed by atoms with E-state index in [0.717, 1.165) is 34.6 Å². The normalized spacial score (nSPS) is 26.4. The Labute approximate surface area is 183 Å². The van der Waals surface area contributed by atoms with Gasteiger partial charge in [0.05, 0.1) is 6.10 Å². The number of phenolic OH excluding ortho intramolecular Hbond substituents is 1. The monoisotopic (exact) mass is 431 g/mol. The van der Waals surface area contributed by atoms with Crippen molar-refractivity contribution in [3.05, 3.63) is 58.1 Å². The number of fused-ring (bicyclic) bond motifs is 2. The molecule has 0 saturated carbocycles. The smallest absolute Gasteiger partial charge is 0.121 e. The molecule has 2 aliphatic rings. The van der Waals surface area contributed by atoms with Crippen LogP contribution in [0.1, 0.15) is 55.4 Å². The van der Waals surface area contributed by atoms with E-state index in [-0.39, 0.29) is 6.04 Å². The number of piperidine rings is 1. The van der Waals surface area contributed by atoms with Gasteiger partial charge in [0.1, 0.15) is 5.75 Å². The number of aliphatic hydroxyl groups excluding tert-OH is 1. The molecule has 0 radical (unpaired) electrons. The van der Waals surface area contributed by atoms with Crippen molar-refractivity contribution in [1.29, 1.82) is 0 Å². The molecule has 2 N–H and O–H groups in total. The van der Waals surface area contributed by atoms with Gasteiger partial charge >= 0.3 is 0 Å². The molecule has 4 rings (SSSR count). The molecule has 2 fully saturated rings. The van der Waals surface area contributed by atoms with Gasteiger partial charge in [0.25, 0.3) is 0 Å². The lowest BCUT2D eigenvalue weighted by molar-refractivity contribution is 0.0114. The summed E-state index contributed by atoms with van der Waals surface area (Å²) >= 11 is 7.99. The third-order valence-electron chi connectivity index (χ3n) is 6.64. The summed E-state index contributed by atoms with van der Waals surface area (Å²) in [4.78, 5) is 3.86. The second kappa shape index (κ2) is 8.50. The zero-order valence-electron chi connectivity index (χ0n) is 17.3. The van der Waals surface area contributed by atoms with E-state index in [0.29, 0.717) is 23.1 Å². The zero-order valence-corrected chi connectivity index (χ0v) is 18.9. The highest BCUT2D eigenvalue weighted by molar-refractivity contribution is 8.00. The minimum absolute atomic E-state index is 0.0670. The standard InChI is InChI=1S/C24H30ClNO2S/c1-14-10-17(11-15(2)23(14)27)24(28)16(3)26-19-6-7-20(26)13-22(12-19)29-21-8-4-18(25)5-9-21/h4-5,8-11,16,19-20,22,24,27-28H,6-7,12-13H2,1-3H3. The average molecular weight is 432 g/mol. The number of nitrogens with zero attached hydrogens (tertiary/aromatic N) is 1. The number of hydrogen-bond acceptors (Lipinski definition) is 4. The van der Waals surface area contributed by atoms with Gasteiger partial charge in [0.2, 0.25) is 0 Å². The fraction of sp³-hybridized carbons (Fsp3) is 0.500. The van der Waals surface area contributed by atoms with E-state index < -0.39 is 6.10 Å². The molecule has 2 heterocycles. The van der Waals surface area contributed by atoms with E-state index in [2.05, 4.69) is 24.0 Å². The predicted molar refractivity (Wildman–Crippen MR) is 121 cm³/mol. The summed E-state index contributed by atoms with van der Waals surface area (Å²) < 4.78 is 0. The molecule has 2 aliphatic heterocycles. The highest BCUT2D eigenvalue weighted by atomic mass is 35.5.